The monoisotopic (exact) mass is 348 g/mol. The molecule has 2 aromatic rings. The number of fused-ring (bicyclic) bond motifs is 2. The fourth-order valence-corrected chi connectivity index (χ4v) is 3.65. The molecule has 0 atom stereocenters. The Hall–Kier alpha value is -1.55. The van der Waals surface area contributed by atoms with Crippen LogP contribution >= 0.6 is 35.0 Å². The summed E-state index contributed by atoms with van der Waals surface area (Å²) in [5.41, 5.74) is 3.81. The number of rotatable bonds is 2. The van der Waals surface area contributed by atoms with E-state index in [1.165, 1.54) is 17.3 Å². The van der Waals surface area contributed by atoms with E-state index in [0.29, 0.717) is 31.5 Å². The van der Waals surface area contributed by atoms with Crippen molar-refractivity contribution in [2.45, 2.75) is 11.8 Å². The molecule has 0 fully saturated rings. The topological polar surface area (TPSA) is 34.1 Å². The van der Waals surface area contributed by atoms with Crippen LogP contribution < -0.4 is 0 Å². The molecule has 0 N–H and O–H groups in total. The van der Waals surface area contributed by atoms with Crippen LogP contribution in [-0.2, 0) is 0 Å². The first-order valence-corrected chi connectivity index (χ1v) is 8.13. The van der Waals surface area contributed by atoms with E-state index >= 15 is 0 Å². The van der Waals surface area contributed by atoms with Gasteiger partial charge in [-0.15, -0.1) is 0 Å². The quantitative estimate of drug-likeness (QED) is 0.601. The maximum atomic E-state index is 12.8. The van der Waals surface area contributed by atoms with Gasteiger partial charge in [0, 0.05) is 32.7 Å². The van der Waals surface area contributed by atoms with Crippen molar-refractivity contribution in [3.63, 3.8) is 0 Å². The molecule has 2 aromatic carbocycles. The van der Waals surface area contributed by atoms with Gasteiger partial charge in [0.15, 0.2) is 11.6 Å². The third kappa shape index (κ3) is 2.39. The first kappa shape index (κ1) is 15.3. The highest BCUT2D eigenvalue weighted by atomic mass is 35.5. The lowest BCUT2D eigenvalue weighted by Crippen LogP contribution is -2.22. The zero-order valence-electron chi connectivity index (χ0n) is 11.5. The number of aryl methyl sites for hydroxylation is 1. The third-order valence-electron chi connectivity index (χ3n) is 3.53. The molecule has 0 heterocycles. The van der Waals surface area contributed by atoms with Gasteiger partial charge in [0.05, 0.1) is 4.36 Å². The lowest BCUT2D eigenvalue weighted by atomic mass is 9.83. The molecule has 0 aromatic heterocycles. The molecule has 110 valence electrons. The Morgan fingerprint density at radius 1 is 1.00 bits per heavy atom. The molecule has 22 heavy (non-hydrogen) atoms. The summed E-state index contributed by atoms with van der Waals surface area (Å²) in [6.45, 7) is 1.87. The van der Waals surface area contributed by atoms with E-state index in [1.54, 1.807) is 30.3 Å². The maximum Gasteiger partial charge on any atom is 0.195 e. The molecule has 1 aliphatic rings. The summed E-state index contributed by atoms with van der Waals surface area (Å²) in [4.78, 5) is 26.1. The zero-order chi connectivity index (χ0) is 15.9. The Bertz CT molecular complexity index is 841. The van der Waals surface area contributed by atoms with Crippen LogP contribution in [0.3, 0.4) is 0 Å². The molecular weight excluding hydrogens is 339 g/mol. The van der Waals surface area contributed by atoms with Gasteiger partial charge in [-0.05, 0) is 18.6 Å². The van der Waals surface area contributed by atoms with Crippen LogP contribution in [0.2, 0.25) is 0 Å². The van der Waals surface area contributed by atoms with E-state index in [9.17, 15) is 9.59 Å². The van der Waals surface area contributed by atoms with E-state index in [1.807, 2.05) is 13.0 Å². The Labute approximate surface area is 142 Å². The summed E-state index contributed by atoms with van der Waals surface area (Å²) in [6.07, 6.45) is 0. The van der Waals surface area contributed by atoms with Crippen molar-refractivity contribution in [2.75, 3.05) is 0 Å². The van der Waals surface area contributed by atoms with Gasteiger partial charge in [0.25, 0.3) is 0 Å². The third-order valence-corrected chi connectivity index (χ3v) is 5.37. The first-order chi connectivity index (χ1) is 10.5. The fourth-order valence-electron chi connectivity index (χ4n) is 2.51. The van der Waals surface area contributed by atoms with Crippen LogP contribution in [0.4, 0.5) is 0 Å². The standard InChI is InChI=1S/C17H10Cl2O2S/c1-9-6-7-12-14(17(9)22-13(19)8-18)16(21)11-5-3-2-4-10(11)15(12)20/h2-8H,1H3. The minimum absolute atomic E-state index is 0.141. The van der Waals surface area contributed by atoms with Gasteiger partial charge in [0.1, 0.15) is 0 Å². The van der Waals surface area contributed by atoms with Crippen molar-refractivity contribution in [1.29, 1.82) is 0 Å². The molecule has 5 heteroatoms. The van der Waals surface area contributed by atoms with Gasteiger partial charge in [-0.2, -0.15) is 0 Å². The fraction of sp³-hybridized carbons (Fsp3) is 0.0588. The zero-order valence-corrected chi connectivity index (χ0v) is 13.9. The molecular formula is C17H10Cl2O2S. The summed E-state index contributed by atoms with van der Waals surface area (Å²) in [5.74, 6) is -0.298. The van der Waals surface area contributed by atoms with E-state index < -0.39 is 0 Å². The van der Waals surface area contributed by atoms with Gasteiger partial charge >= 0.3 is 0 Å². The van der Waals surface area contributed by atoms with Gasteiger partial charge in [-0.25, -0.2) is 0 Å². The van der Waals surface area contributed by atoms with Crippen LogP contribution in [0.5, 0.6) is 0 Å². The minimum atomic E-state index is -0.157. The smallest absolute Gasteiger partial charge is 0.195 e. The van der Waals surface area contributed by atoms with Gasteiger partial charge in [0.2, 0.25) is 0 Å². The lowest BCUT2D eigenvalue weighted by Gasteiger charge is -2.21. The molecule has 0 saturated carbocycles. The normalized spacial score (nSPS) is 13.9. The number of halogens is 2. The summed E-state index contributed by atoms with van der Waals surface area (Å²) in [5, 5.41) is 0. The van der Waals surface area contributed by atoms with Gasteiger partial charge in [-0.3, -0.25) is 9.59 Å². The number of hydrogen-bond acceptors (Lipinski definition) is 3. The van der Waals surface area contributed by atoms with Crippen LogP contribution in [-0.4, -0.2) is 11.6 Å². The molecule has 0 unspecified atom stereocenters. The molecule has 0 aliphatic heterocycles. The van der Waals surface area contributed by atoms with Gasteiger partial charge < -0.3 is 0 Å². The van der Waals surface area contributed by atoms with E-state index in [-0.39, 0.29) is 11.6 Å². The highest BCUT2D eigenvalue weighted by Crippen LogP contribution is 2.40. The molecule has 1 aliphatic carbocycles. The minimum Gasteiger partial charge on any atom is -0.289 e. The molecule has 0 amide bonds. The number of carbonyl (C=O) groups excluding carboxylic acids is 2. The molecule has 0 spiro atoms. The van der Waals surface area contributed by atoms with E-state index in [4.69, 9.17) is 23.2 Å². The molecule has 0 saturated heterocycles. The van der Waals surface area contributed by atoms with E-state index in [0.717, 1.165) is 5.56 Å². The second-order valence-electron chi connectivity index (χ2n) is 4.85. The summed E-state index contributed by atoms with van der Waals surface area (Å²) >= 11 is 12.8. The Balaban J connectivity index is 2.27. The summed E-state index contributed by atoms with van der Waals surface area (Å²) < 4.78 is 0.345. The van der Waals surface area contributed by atoms with Crippen molar-refractivity contribution >= 4 is 46.5 Å². The lowest BCUT2D eigenvalue weighted by molar-refractivity contribution is 0.0977. The Kier molecular flexibility index (Phi) is 4.13. The highest BCUT2D eigenvalue weighted by molar-refractivity contribution is 8.04. The SMILES string of the molecule is Cc1ccc2c(c1SC(Cl)=CCl)C(=O)c1ccccc1C2=O. The summed E-state index contributed by atoms with van der Waals surface area (Å²) in [6, 6.07) is 10.4. The number of ketones is 2. The molecule has 0 radical (unpaired) electrons. The molecule has 0 bridgehead atoms. The predicted octanol–water partition coefficient (Wildman–Crippen LogP) is 5.14. The number of thioether (sulfide) groups is 1. The Morgan fingerprint density at radius 2 is 1.64 bits per heavy atom. The average molecular weight is 349 g/mol. The predicted molar refractivity (Wildman–Crippen MR) is 90.1 cm³/mol. The van der Waals surface area contributed by atoms with Crippen LogP contribution in [0.1, 0.15) is 37.4 Å². The second kappa shape index (κ2) is 5.92. The Morgan fingerprint density at radius 3 is 2.27 bits per heavy atom. The maximum absolute atomic E-state index is 12.8. The van der Waals surface area contributed by atoms with Crippen molar-refractivity contribution < 1.29 is 9.59 Å². The second-order valence-corrected chi connectivity index (χ2v) is 6.75. The highest BCUT2D eigenvalue weighted by Gasteiger charge is 2.32. The van der Waals surface area contributed by atoms with Crippen molar-refractivity contribution in [3.05, 3.63) is 74.1 Å². The van der Waals surface area contributed by atoms with Crippen LogP contribution in [0.25, 0.3) is 0 Å². The first-order valence-electron chi connectivity index (χ1n) is 6.50. The number of hydrogen-bond donors (Lipinski definition) is 0. The van der Waals surface area contributed by atoms with Crippen LogP contribution in [0, 0.1) is 6.92 Å². The van der Waals surface area contributed by atoms with Gasteiger partial charge in [-0.1, -0.05) is 65.3 Å². The van der Waals surface area contributed by atoms with Crippen molar-refractivity contribution in [2.24, 2.45) is 0 Å². The molecule has 2 nitrogen and oxygen atoms in total. The summed E-state index contributed by atoms with van der Waals surface area (Å²) in [7, 11) is 0. The average Bonchev–Trinajstić information content (AvgIpc) is 2.54. The van der Waals surface area contributed by atoms with Crippen LogP contribution in [0.15, 0.2) is 51.2 Å². The number of carbonyl (C=O) groups is 2. The largest absolute Gasteiger partial charge is 0.289 e. The van der Waals surface area contributed by atoms with E-state index in [2.05, 4.69) is 0 Å². The van der Waals surface area contributed by atoms with Crippen molar-refractivity contribution in [1.82, 2.24) is 0 Å². The number of benzene rings is 2. The molecule has 3 rings (SSSR count). The van der Waals surface area contributed by atoms with Crippen molar-refractivity contribution in [3.8, 4) is 0 Å².